The number of thiocarbonyl (C=S) groups is 1. The van der Waals surface area contributed by atoms with Crippen LogP contribution in [0.2, 0.25) is 15.1 Å². The van der Waals surface area contributed by atoms with Crippen molar-refractivity contribution < 1.29 is 4.79 Å². The molecule has 1 rings (SSSR count). The van der Waals surface area contributed by atoms with Gasteiger partial charge in [0.15, 0.2) is 5.11 Å². The van der Waals surface area contributed by atoms with E-state index in [0.717, 1.165) is 0 Å². The Morgan fingerprint density at radius 2 is 1.72 bits per heavy atom. The molecule has 0 aliphatic heterocycles. The van der Waals surface area contributed by atoms with Gasteiger partial charge in [-0.05, 0) is 24.4 Å². The number of rotatable bonds is 2. The van der Waals surface area contributed by atoms with E-state index in [-0.39, 0.29) is 16.9 Å². The summed E-state index contributed by atoms with van der Waals surface area (Å²) in [5.74, 6) is -0.335. The third-order valence-corrected chi connectivity index (χ3v) is 3.26. The molecular formula is C11H11Cl3N2OS. The first-order valence-corrected chi connectivity index (χ1v) is 6.62. The molecule has 0 atom stereocenters. The van der Waals surface area contributed by atoms with Crippen molar-refractivity contribution >= 4 is 63.7 Å². The average molecular weight is 326 g/mol. The van der Waals surface area contributed by atoms with Crippen LogP contribution in [-0.4, -0.2) is 11.0 Å². The van der Waals surface area contributed by atoms with Gasteiger partial charge in [-0.2, -0.15) is 0 Å². The molecule has 0 saturated carbocycles. The van der Waals surface area contributed by atoms with Crippen LogP contribution in [-0.2, 0) is 4.79 Å². The molecular weight excluding hydrogens is 315 g/mol. The van der Waals surface area contributed by atoms with Crippen molar-refractivity contribution in [2.24, 2.45) is 5.92 Å². The Labute approximate surface area is 126 Å². The fraction of sp³-hybridized carbons (Fsp3) is 0.273. The molecule has 3 nitrogen and oxygen atoms in total. The second-order valence-electron chi connectivity index (χ2n) is 3.84. The lowest BCUT2D eigenvalue weighted by molar-refractivity contribution is -0.122. The van der Waals surface area contributed by atoms with Crippen LogP contribution in [0.4, 0.5) is 5.69 Å². The summed E-state index contributed by atoms with van der Waals surface area (Å²) >= 11 is 22.6. The molecule has 0 aliphatic rings. The molecule has 18 heavy (non-hydrogen) atoms. The molecule has 0 fully saturated rings. The van der Waals surface area contributed by atoms with E-state index in [1.807, 2.05) is 0 Å². The zero-order valence-electron chi connectivity index (χ0n) is 9.68. The van der Waals surface area contributed by atoms with E-state index < -0.39 is 0 Å². The van der Waals surface area contributed by atoms with Gasteiger partial charge in [-0.15, -0.1) is 0 Å². The summed E-state index contributed by atoms with van der Waals surface area (Å²) < 4.78 is 0. The van der Waals surface area contributed by atoms with E-state index in [1.165, 1.54) is 6.07 Å². The average Bonchev–Trinajstić information content (AvgIpc) is 2.25. The zero-order chi connectivity index (χ0) is 13.9. The van der Waals surface area contributed by atoms with E-state index >= 15 is 0 Å². The number of benzene rings is 1. The highest BCUT2D eigenvalue weighted by Crippen LogP contribution is 2.32. The number of hydrogen-bond donors (Lipinski definition) is 2. The van der Waals surface area contributed by atoms with Crippen molar-refractivity contribution in [3.63, 3.8) is 0 Å². The summed E-state index contributed by atoms with van der Waals surface area (Å²) in [7, 11) is 0. The first kappa shape index (κ1) is 15.5. The largest absolute Gasteiger partial charge is 0.331 e. The number of anilines is 1. The van der Waals surface area contributed by atoms with Crippen LogP contribution in [0, 0.1) is 5.92 Å². The number of nitrogens with one attached hydrogen (secondary N) is 2. The quantitative estimate of drug-likeness (QED) is 0.635. The molecule has 0 unspecified atom stereocenters. The fourth-order valence-corrected chi connectivity index (χ4v) is 1.83. The molecule has 0 radical (unpaired) electrons. The molecule has 2 N–H and O–H groups in total. The summed E-state index contributed by atoms with van der Waals surface area (Å²) in [4.78, 5) is 11.4. The topological polar surface area (TPSA) is 41.1 Å². The minimum atomic E-state index is -0.177. The summed E-state index contributed by atoms with van der Waals surface area (Å²) in [6.07, 6.45) is 0. The van der Waals surface area contributed by atoms with Crippen LogP contribution < -0.4 is 10.6 Å². The standard InChI is InChI=1S/C11H11Cl3N2OS/c1-5(2)10(17)16-11(18)15-9-4-7(13)6(12)3-8(9)14/h3-5H,1-2H3,(H2,15,16,17,18). The first-order chi connectivity index (χ1) is 8.31. The van der Waals surface area contributed by atoms with Crippen LogP contribution >= 0.6 is 47.0 Å². The van der Waals surface area contributed by atoms with Crippen molar-refractivity contribution in [2.45, 2.75) is 13.8 Å². The van der Waals surface area contributed by atoms with Gasteiger partial charge in [0.2, 0.25) is 5.91 Å². The van der Waals surface area contributed by atoms with Crippen molar-refractivity contribution in [3.05, 3.63) is 27.2 Å². The maximum absolute atomic E-state index is 11.4. The molecule has 0 aromatic heterocycles. The highest BCUT2D eigenvalue weighted by atomic mass is 35.5. The molecule has 98 valence electrons. The van der Waals surface area contributed by atoms with Crippen LogP contribution in [0.5, 0.6) is 0 Å². The summed E-state index contributed by atoms with van der Waals surface area (Å²) in [5.41, 5.74) is 0.486. The van der Waals surface area contributed by atoms with E-state index in [0.29, 0.717) is 20.8 Å². The molecule has 0 heterocycles. The third kappa shape index (κ3) is 4.28. The number of carbonyl (C=O) groups is 1. The van der Waals surface area contributed by atoms with Crippen molar-refractivity contribution in [3.8, 4) is 0 Å². The van der Waals surface area contributed by atoms with E-state index in [2.05, 4.69) is 10.6 Å². The van der Waals surface area contributed by atoms with Gasteiger partial charge in [-0.3, -0.25) is 4.79 Å². The first-order valence-electron chi connectivity index (χ1n) is 5.07. The summed E-state index contributed by atoms with van der Waals surface area (Å²) in [6, 6.07) is 3.04. The van der Waals surface area contributed by atoms with Crippen molar-refractivity contribution in [2.75, 3.05) is 5.32 Å². The molecule has 1 amide bonds. The normalized spacial score (nSPS) is 10.3. The lowest BCUT2D eigenvalue weighted by Gasteiger charge is -2.12. The van der Waals surface area contributed by atoms with Crippen LogP contribution in [0.1, 0.15) is 13.8 Å². The maximum atomic E-state index is 11.4. The third-order valence-electron chi connectivity index (χ3n) is 2.02. The Morgan fingerprint density at radius 1 is 1.17 bits per heavy atom. The molecule has 1 aromatic rings. The predicted octanol–water partition coefficient (Wildman–Crippen LogP) is 4.12. The minimum absolute atomic E-state index is 0.158. The maximum Gasteiger partial charge on any atom is 0.228 e. The van der Waals surface area contributed by atoms with Crippen LogP contribution in [0.3, 0.4) is 0 Å². The van der Waals surface area contributed by atoms with Gasteiger partial charge in [-0.1, -0.05) is 48.7 Å². The van der Waals surface area contributed by atoms with Crippen molar-refractivity contribution in [1.82, 2.24) is 5.32 Å². The SMILES string of the molecule is CC(C)C(=O)NC(=S)Nc1cc(Cl)c(Cl)cc1Cl. The second-order valence-corrected chi connectivity index (χ2v) is 5.47. The highest BCUT2D eigenvalue weighted by Gasteiger charge is 2.11. The summed E-state index contributed by atoms with van der Waals surface area (Å²) in [6.45, 7) is 3.54. The Bertz CT molecular complexity index is 491. The van der Waals surface area contributed by atoms with Gasteiger partial charge in [0.1, 0.15) is 0 Å². The smallest absolute Gasteiger partial charge is 0.228 e. The Morgan fingerprint density at radius 3 is 2.28 bits per heavy atom. The highest BCUT2D eigenvalue weighted by molar-refractivity contribution is 7.80. The van der Waals surface area contributed by atoms with Gasteiger partial charge in [-0.25, -0.2) is 0 Å². The van der Waals surface area contributed by atoms with E-state index in [4.69, 9.17) is 47.0 Å². The van der Waals surface area contributed by atoms with E-state index in [9.17, 15) is 4.79 Å². The number of carbonyl (C=O) groups excluding carboxylic acids is 1. The Kier molecular flexibility index (Phi) is 5.66. The second kappa shape index (κ2) is 6.57. The minimum Gasteiger partial charge on any atom is -0.331 e. The van der Waals surface area contributed by atoms with Gasteiger partial charge >= 0.3 is 0 Å². The van der Waals surface area contributed by atoms with Crippen LogP contribution in [0.25, 0.3) is 0 Å². The van der Waals surface area contributed by atoms with Gasteiger partial charge in [0.05, 0.1) is 20.8 Å². The summed E-state index contributed by atoms with van der Waals surface area (Å²) in [5, 5.41) is 6.55. The number of halogens is 3. The van der Waals surface area contributed by atoms with Crippen LogP contribution in [0.15, 0.2) is 12.1 Å². The zero-order valence-corrected chi connectivity index (χ0v) is 12.8. The van der Waals surface area contributed by atoms with Gasteiger partial charge in [0.25, 0.3) is 0 Å². The lowest BCUT2D eigenvalue weighted by atomic mass is 10.2. The lowest BCUT2D eigenvalue weighted by Crippen LogP contribution is -2.36. The fourth-order valence-electron chi connectivity index (χ4n) is 1.03. The van der Waals surface area contributed by atoms with Gasteiger partial charge < -0.3 is 10.6 Å². The molecule has 1 aromatic carbocycles. The van der Waals surface area contributed by atoms with E-state index in [1.54, 1.807) is 19.9 Å². The molecule has 0 spiro atoms. The van der Waals surface area contributed by atoms with Crippen molar-refractivity contribution in [1.29, 1.82) is 0 Å². The molecule has 7 heteroatoms. The Balaban J connectivity index is 2.76. The molecule has 0 saturated heterocycles. The number of amides is 1. The van der Waals surface area contributed by atoms with Gasteiger partial charge in [0, 0.05) is 5.92 Å². The Hall–Kier alpha value is -0.550. The molecule has 0 aliphatic carbocycles. The predicted molar refractivity (Wildman–Crippen MR) is 80.7 cm³/mol. The monoisotopic (exact) mass is 324 g/mol. The molecule has 0 bridgehead atoms. The number of hydrogen-bond acceptors (Lipinski definition) is 2.